The van der Waals surface area contributed by atoms with E-state index in [1.54, 1.807) is 0 Å². The number of aromatic nitrogens is 5. The molecule has 29 rings (SSSR count). The third-order valence-corrected chi connectivity index (χ3v) is 33.6. The quantitative estimate of drug-likeness (QED) is 0.122. The normalized spacial score (nSPS) is 13.7. The summed E-state index contributed by atoms with van der Waals surface area (Å²) in [6.07, 6.45) is 1.93. The maximum atomic E-state index is 7.47. The van der Waals surface area contributed by atoms with E-state index in [9.17, 15) is 0 Å². The second-order valence-corrected chi connectivity index (χ2v) is 47.9. The number of furan rings is 1. The lowest BCUT2D eigenvalue weighted by molar-refractivity contribution is 0.440. The maximum absolute atomic E-state index is 7.47. The summed E-state index contributed by atoms with van der Waals surface area (Å²) >= 11 is 0. The minimum absolute atomic E-state index is 0.000556. The molecule has 0 aliphatic heterocycles. The summed E-state index contributed by atoms with van der Waals surface area (Å²) in [6, 6.07) is 127. The second kappa shape index (κ2) is 28.6. The molecule has 8 heteroatoms. The lowest BCUT2D eigenvalue weighted by atomic mass is 9.77. The van der Waals surface area contributed by atoms with Crippen LogP contribution in [0.5, 0.6) is 0 Å². The molecule has 0 saturated carbocycles. The van der Waals surface area contributed by atoms with Gasteiger partial charge in [0.15, 0.2) is 5.58 Å². The van der Waals surface area contributed by atoms with Crippen molar-refractivity contribution in [3.05, 3.63) is 367 Å². The zero-order valence-electron chi connectivity index (χ0n) is 84.7. The molecule has 0 N–H and O–H groups in total. The number of para-hydroxylation sites is 5. The molecule has 11 heterocycles. The SMILES string of the molecule is CC(CCC(C)(C)c1cc2c3ccc(N(c4ccccc4)c4cc5c6ccccc6n6c7ccccc7c(c4)c56)cc3n3c4cc5c6cc(C(C)(C)C)cc7c8cc(C(C)(C)C)ccc8n(c5cc4c(c1)c23)c76)c1ccc(N(c2ccc3c4cc(C(C)(C)C)cc5c6cc7c(cc6n(c3c2)c45)c2cc(C(C)(C)C)cc3c4cc(C(C)(C)C)ccc4n7c32)c2cccc3c2oc2c(-c4ccccc4)cccc23)cc1. The molecule has 0 spiro atoms. The molecular formula is C135H113N7O. The van der Waals surface area contributed by atoms with Gasteiger partial charge in [0.2, 0.25) is 0 Å². The fourth-order valence-corrected chi connectivity index (χ4v) is 25.7. The van der Waals surface area contributed by atoms with Crippen LogP contribution in [0.1, 0.15) is 182 Å². The van der Waals surface area contributed by atoms with Gasteiger partial charge >= 0.3 is 0 Å². The summed E-state index contributed by atoms with van der Waals surface area (Å²) in [4.78, 5) is 4.99. The van der Waals surface area contributed by atoms with E-state index in [2.05, 4.69) is 484 Å². The Hall–Kier alpha value is -15.6. The topological polar surface area (TPSA) is 41.7 Å². The van der Waals surface area contributed by atoms with E-state index in [-0.39, 0.29) is 38.4 Å². The fourth-order valence-electron chi connectivity index (χ4n) is 25.7. The standard InChI is InChI=1S/C135H113N7O/c1-75(76-43-47-85(48-44-76)137(116-42-30-39-95-94-38-29-37-89(128(94)143-129(95)116)77-31-21-19-22-32-77)87-50-52-92-102-59-80(132(8,9)10)62-106-100-71-119-98(73-121(100)142(123(102)106)118(92)70-87)107-63-81(133(11,12)13)60-104-96-57-78(130(2,3)4)45-53-114(96)139(119)125(104)107)55-56-135(17,18)83-65-103-93-51-49-86(136(84-33-23-20-24-34-84)88-67-110-90-35-25-27-40-112(90)138-113-41-28-26-36-91(113)111(68-88)127(110)138)69-117(93)141-122-74-99-108-64-82(134(14,15)16)61-105-97-58-79(131(5,6)7)46-54-115(97)140(126(105)108)120(99)72-101(122)109(66-83)124(103)141/h19-54,57-75H,55-56H2,1-18H3. The van der Waals surface area contributed by atoms with Gasteiger partial charge < -0.3 is 36.2 Å². The van der Waals surface area contributed by atoms with Crippen LogP contribution in [-0.4, -0.2) is 22.0 Å². The van der Waals surface area contributed by atoms with Gasteiger partial charge in [-0.1, -0.05) is 276 Å². The summed E-state index contributed by atoms with van der Waals surface area (Å²) in [5.74, 6) is 0.219. The molecule has 11 aromatic heterocycles. The van der Waals surface area contributed by atoms with E-state index in [0.717, 1.165) is 80.0 Å². The zero-order valence-corrected chi connectivity index (χ0v) is 84.7. The van der Waals surface area contributed by atoms with Crippen molar-refractivity contribution >= 4 is 247 Å². The van der Waals surface area contributed by atoms with E-state index >= 15 is 0 Å². The number of rotatable bonds is 12. The van der Waals surface area contributed by atoms with Gasteiger partial charge in [-0.2, -0.15) is 0 Å². The number of nitrogens with zero attached hydrogens (tertiary/aromatic N) is 7. The van der Waals surface area contributed by atoms with Gasteiger partial charge in [0.25, 0.3) is 0 Å². The Bertz CT molecular complexity index is 10400. The Balaban J connectivity index is 0.584. The van der Waals surface area contributed by atoms with Crippen LogP contribution in [0.25, 0.3) is 224 Å². The molecule has 694 valence electrons. The number of fused-ring (bicyclic) bond motifs is 33. The highest BCUT2D eigenvalue weighted by molar-refractivity contribution is 6.33. The first kappa shape index (κ1) is 84.3. The Kier molecular flexibility index (Phi) is 16.9. The van der Waals surface area contributed by atoms with Gasteiger partial charge in [0.1, 0.15) is 5.58 Å². The molecule has 18 aromatic carbocycles. The maximum Gasteiger partial charge on any atom is 0.159 e. The molecule has 29 aromatic rings. The molecule has 0 aliphatic rings. The van der Waals surface area contributed by atoms with Crippen LogP contribution in [0.3, 0.4) is 0 Å². The van der Waals surface area contributed by atoms with Crippen molar-refractivity contribution in [3.63, 3.8) is 0 Å². The molecule has 1 atom stereocenters. The van der Waals surface area contributed by atoms with Crippen molar-refractivity contribution in [3.8, 4) is 11.1 Å². The summed E-state index contributed by atoms with van der Waals surface area (Å²) in [6.45, 7) is 42.8. The number of benzene rings is 18. The molecule has 0 amide bonds. The van der Waals surface area contributed by atoms with Crippen molar-refractivity contribution in [2.45, 2.75) is 176 Å². The van der Waals surface area contributed by atoms with Crippen LogP contribution in [0, 0.1) is 0 Å². The number of hydrogen-bond acceptors (Lipinski definition) is 3. The Morgan fingerprint density at radius 2 is 0.545 bits per heavy atom. The summed E-state index contributed by atoms with van der Waals surface area (Å²) in [5, 5.41) is 27.8. The molecule has 0 radical (unpaired) electrons. The molecule has 8 nitrogen and oxygen atoms in total. The largest absolute Gasteiger partial charge is 0.453 e. The first-order valence-electron chi connectivity index (χ1n) is 51.6. The van der Waals surface area contributed by atoms with Crippen LogP contribution in [-0.2, 0) is 32.5 Å². The molecule has 0 fully saturated rings. The average Bonchev–Trinajstić information content (AvgIpc) is 1.60. The Morgan fingerprint density at radius 3 is 0.993 bits per heavy atom. The Morgan fingerprint density at radius 1 is 0.224 bits per heavy atom. The predicted octanol–water partition coefficient (Wildman–Crippen LogP) is 38.3. The second-order valence-electron chi connectivity index (χ2n) is 47.9. The van der Waals surface area contributed by atoms with Crippen molar-refractivity contribution in [1.29, 1.82) is 0 Å². The number of hydrogen-bond donors (Lipinski definition) is 0. The van der Waals surface area contributed by atoms with Crippen LogP contribution in [0.2, 0.25) is 0 Å². The summed E-state index contributed by atoms with van der Waals surface area (Å²) < 4.78 is 20.5. The molecular weight excluding hydrogens is 1740 g/mol. The smallest absolute Gasteiger partial charge is 0.159 e. The van der Waals surface area contributed by atoms with E-state index in [0.29, 0.717) is 0 Å². The average molecular weight is 1850 g/mol. The minimum Gasteiger partial charge on any atom is -0.453 e. The lowest BCUT2D eigenvalue weighted by Crippen LogP contribution is -2.18. The van der Waals surface area contributed by atoms with Gasteiger partial charge in [-0.15, -0.1) is 0 Å². The molecule has 143 heavy (non-hydrogen) atoms. The fraction of sp³-hybridized carbons (Fsp3) is 0.200. The van der Waals surface area contributed by atoms with Gasteiger partial charge in [0, 0.05) is 152 Å². The van der Waals surface area contributed by atoms with Crippen molar-refractivity contribution in [2.75, 3.05) is 9.80 Å². The zero-order chi connectivity index (χ0) is 97.1. The molecule has 0 bridgehead atoms. The van der Waals surface area contributed by atoms with Crippen molar-refractivity contribution in [1.82, 2.24) is 22.0 Å². The van der Waals surface area contributed by atoms with Crippen LogP contribution in [0.4, 0.5) is 34.1 Å². The summed E-state index contributed by atoms with van der Waals surface area (Å²) in [7, 11) is 0. The van der Waals surface area contributed by atoms with Crippen LogP contribution >= 0.6 is 0 Å². The Labute approximate surface area is 830 Å². The van der Waals surface area contributed by atoms with E-state index in [1.807, 2.05) is 0 Å². The van der Waals surface area contributed by atoms with Gasteiger partial charge in [-0.05, 0) is 272 Å². The van der Waals surface area contributed by atoms with E-state index < -0.39 is 0 Å². The van der Waals surface area contributed by atoms with Gasteiger partial charge in [0.05, 0.1) is 88.4 Å². The van der Waals surface area contributed by atoms with Crippen LogP contribution < -0.4 is 9.80 Å². The third kappa shape index (κ3) is 11.8. The highest BCUT2D eigenvalue weighted by Gasteiger charge is 2.36. The van der Waals surface area contributed by atoms with Gasteiger partial charge in [-0.25, -0.2) is 0 Å². The highest BCUT2D eigenvalue weighted by Crippen LogP contribution is 2.56. The van der Waals surface area contributed by atoms with E-state index in [4.69, 9.17) is 4.42 Å². The van der Waals surface area contributed by atoms with Crippen molar-refractivity contribution < 1.29 is 4.42 Å². The summed E-state index contributed by atoms with van der Waals surface area (Å²) in [5.41, 5.74) is 37.8. The third-order valence-electron chi connectivity index (χ3n) is 33.6. The van der Waals surface area contributed by atoms with Crippen LogP contribution in [0.15, 0.2) is 332 Å². The van der Waals surface area contributed by atoms with Gasteiger partial charge in [-0.3, -0.25) is 0 Å². The molecule has 0 saturated heterocycles. The molecule has 0 aliphatic carbocycles. The first-order chi connectivity index (χ1) is 68.7. The first-order valence-corrected chi connectivity index (χ1v) is 51.6. The minimum atomic E-state index is -0.256. The monoisotopic (exact) mass is 1850 g/mol. The highest BCUT2D eigenvalue weighted by atomic mass is 16.3. The van der Waals surface area contributed by atoms with E-state index in [1.165, 1.54) is 229 Å². The lowest BCUT2D eigenvalue weighted by Gasteiger charge is -2.28. The number of anilines is 6. The van der Waals surface area contributed by atoms with Crippen molar-refractivity contribution in [2.24, 2.45) is 0 Å². The predicted molar refractivity (Wildman–Crippen MR) is 612 cm³/mol. The molecule has 1 unspecified atom stereocenters.